The summed E-state index contributed by atoms with van der Waals surface area (Å²) in [7, 11) is -1.21. The maximum atomic E-state index is 12.5. The van der Waals surface area contributed by atoms with Crippen molar-refractivity contribution in [3.8, 4) is 0 Å². The molecule has 112 valence electrons. The molecule has 0 bridgehead atoms. The van der Waals surface area contributed by atoms with E-state index in [1.165, 1.54) is 4.90 Å². The van der Waals surface area contributed by atoms with Gasteiger partial charge in [0, 0.05) is 14.6 Å². The van der Waals surface area contributed by atoms with Crippen molar-refractivity contribution in [2.75, 3.05) is 13.2 Å². The van der Waals surface area contributed by atoms with Crippen LogP contribution in [0.4, 0.5) is 4.79 Å². The molecule has 2 aliphatic rings. The number of carbonyl (C=O) groups is 2. The van der Waals surface area contributed by atoms with Crippen LogP contribution in [-0.4, -0.2) is 38.1 Å². The average molecular weight is 295 g/mol. The zero-order chi connectivity index (χ0) is 14.8. The second-order valence-corrected chi connectivity index (χ2v) is 12.7. The average Bonchev–Trinajstić information content (AvgIpc) is 2.67. The van der Waals surface area contributed by atoms with Crippen molar-refractivity contribution >= 4 is 20.1 Å². The summed E-state index contributed by atoms with van der Waals surface area (Å²) in [5, 5.41) is 0. The number of hydrogen-bond donors (Lipinski definition) is 0. The molecule has 0 aromatic carbocycles. The van der Waals surface area contributed by atoms with E-state index in [2.05, 4.69) is 31.8 Å². The van der Waals surface area contributed by atoms with Crippen LogP contribution in [0.15, 0.2) is 12.2 Å². The summed E-state index contributed by atoms with van der Waals surface area (Å²) in [4.78, 5) is 25.9. The summed E-state index contributed by atoms with van der Waals surface area (Å²) in [5.74, 6) is -0.0279. The van der Waals surface area contributed by atoms with Crippen molar-refractivity contribution in [2.24, 2.45) is 5.41 Å². The molecule has 0 radical (unpaired) electrons. The number of allylic oxidation sites excluding steroid dienone is 2. The molecule has 1 atom stereocenters. The first kappa shape index (κ1) is 15.3. The number of ether oxygens (including phenoxy) is 1. The Kier molecular flexibility index (Phi) is 4.37. The van der Waals surface area contributed by atoms with E-state index in [4.69, 9.17) is 4.74 Å². The second kappa shape index (κ2) is 5.72. The van der Waals surface area contributed by atoms with Crippen LogP contribution in [0.2, 0.25) is 25.7 Å². The fourth-order valence-corrected chi connectivity index (χ4v) is 3.54. The smallest absolute Gasteiger partial charge is 0.416 e. The van der Waals surface area contributed by atoms with Gasteiger partial charge in [0.15, 0.2) is 0 Å². The molecule has 1 aliphatic heterocycles. The van der Waals surface area contributed by atoms with Gasteiger partial charge in [0.05, 0.1) is 12.0 Å². The van der Waals surface area contributed by atoms with Gasteiger partial charge in [0.25, 0.3) is 0 Å². The van der Waals surface area contributed by atoms with Crippen molar-refractivity contribution in [3.05, 3.63) is 12.2 Å². The summed E-state index contributed by atoms with van der Waals surface area (Å²) >= 11 is 0. The van der Waals surface area contributed by atoms with Gasteiger partial charge in [0.1, 0.15) is 0 Å². The molecule has 2 amide bonds. The lowest BCUT2D eigenvalue weighted by atomic mass is 9.76. The van der Waals surface area contributed by atoms with Crippen molar-refractivity contribution in [1.82, 2.24) is 4.90 Å². The highest BCUT2D eigenvalue weighted by Crippen LogP contribution is 2.42. The Labute approximate surface area is 122 Å². The minimum Gasteiger partial charge on any atom is -0.449 e. The highest BCUT2D eigenvalue weighted by molar-refractivity contribution is 6.76. The maximum Gasteiger partial charge on any atom is 0.416 e. The van der Waals surface area contributed by atoms with Gasteiger partial charge in [-0.2, -0.15) is 0 Å². The summed E-state index contributed by atoms with van der Waals surface area (Å²) in [6.45, 7) is 7.67. The number of hydrogen-bond acceptors (Lipinski definition) is 3. The fourth-order valence-electron chi connectivity index (χ4n) is 2.83. The number of rotatable bonds is 3. The predicted molar refractivity (Wildman–Crippen MR) is 81.3 cm³/mol. The van der Waals surface area contributed by atoms with E-state index in [9.17, 15) is 9.59 Å². The predicted octanol–water partition coefficient (Wildman–Crippen LogP) is 3.42. The number of nitrogens with zero attached hydrogens (tertiary/aromatic N) is 1. The molecule has 0 aromatic heterocycles. The normalized spacial score (nSPS) is 26.4. The molecular weight excluding hydrogens is 270 g/mol. The van der Waals surface area contributed by atoms with E-state index >= 15 is 0 Å². The van der Waals surface area contributed by atoms with Gasteiger partial charge >= 0.3 is 6.09 Å². The van der Waals surface area contributed by atoms with E-state index in [-0.39, 0.29) is 11.3 Å². The minimum absolute atomic E-state index is 0.0279. The van der Waals surface area contributed by atoms with Gasteiger partial charge in [-0.1, -0.05) is 31.8 Å². The van der Waals surface area contributed by atoms with Crippen LogP contribution in [0.5, 0.6) is 0 Å². The molecule has 1 fully saturated rings. The highest BCUT2D eigenvalue weighted by Gasteiger charge is 2.48. The summed E-state index contributed by atoms with van der Waals surface area (Å²) in [5.41, 5.74) is -0.327. The zero-order valence-electron chi connectivity index (χ0n) is 12.8. The van der Waals surface area contributed by atoms with Crippen LogP contribution < -0.4 is 0 Å². The van der Waals surface area contributed by atoms with Gasteiger partial charge in [-0.05, 0) is 31.7 Å². The SMILES string of the molecule is C[Si](C)(C)CCOC(=O)N1CCC2(CC=CCC2)C1=O. The quantitative estimate of drug-likeness (QED) is 0.592. The van der Waals surface area contributed by atoms with Crippen LogP contribution in [-0.2, 0) is 9.53 Å². The molecule has 20 heavy (non-hydrogen) atoms. The Morgan fingerprint density at radius 2 is 2.10 bits per heavy atom. The van der Waals surface area contributed by atoms with E-state index in [0.717, 1.165) is 31.7 Å². The molecule has 0 aromatic rings. The van der Waals surface area contributed by atoms with Gasteiger partial charge < -0.3 is 4.74 Å². The van der Waals surface area contributed by atoms with Crippen LogP contribution in [0.25, 0.3) is 0 Å². The first-order chi connectivity index (χ1) is 9.34. The van der Waals surface area contributed by atoms with Crippen LogP contribution >= 0.6 is 0 Å². The molecule has 5 heteroatoms. The van der Waals surface area contributed by atoms with Gasteiger partial charge in [-0.15, -0.1) is 0 Å². The summed E-state index contributed by atoms with van der Waals surface area (Å²) < 4.78 is 5.29. The molecule has 1 unspecified atom stereocenters. The molecule has 2 rings (SSSR count). The third kappa shape index (κ3) is 3.31. The molecule has 4 nitrogen and oxygen atoms in total. The largest absolute Gasteiger partial charge is 0.449 e. The van der Waals surface area contributed by atoms with Gasteiger partial charge in [0.2, 0.25) is 5.91 Å². The molecule has 1 saturated heterocycles. The third-order valence-electron chi connectivity index (χ3n) is 4.28. The zero-order valence-corrected chi connectivity index (χ0v) is 13.8. The topological polar surface area (TPSA) is 46.6 Å². The first-order valence-corrected chi connectivity index (χ1v) is 11.2. The van der Waals surface area contributed by atoms with E-state index in [1.807, 2.05) is 0 Å². The highest BCUT2D eigenvalue weighted by atomic mass is 28.3. The van der Waals surface area contributed by atoms with Gasteiger partial charge in [-0.25, -0.2) is 9.69 Å². The standard InChI is InChI=1S/C15H25NO3Si/c1-20(2,3)12-11-19-14(18)16-10-9-15(13(16)17)7-5-4-6-8-15/h4-5H,6-12H2,1-3H3. The number of likely N-dealkylation sites (tertiary alicyclic amines) is 1. The molecule has 1 aliphatic carbocycles. The van der Waals surface area contributed by atoms with Gasteiger partial charge in [-0.3, -0.25) is 4.79 Å². The van der Waals surface area contributed by atoms with Crippen molar-refractivity contribution < 1.29 is 14.3 Å². The van der Waals surface area contributed by atoms with Crippen LogP contribution in [0.1, 0.15) is 25.7 Å². The monoisotopic (exact) mass is 295 g/mol. The molecule has 0 saturated carbocycles. The van der Waals surface area contributed by atoms with Crippen molar-refractivity contribution in [2.45, 2.75) is 51.4 Å². The molecule has 1 spiro atoms. The first-order valence-electron chi connectivity index (χ1n) is 7.48. The summed E-state index contributed by atoms with van der Waals surface area (Å²) in [6.07, 6.45) is 7.09. The summed E-state index contributed by atoms with van der Waals surface area (Å²) in [6, 6.07) is 0.939. The van der Waals surface area contributed by atoms with E-state index < -0.39 is 14.2 Å². The second-order valence-electron chi connectivity index (χ2n) is 7.13. The number of imide groups is 1. The van der Waals surface area contributed by atoms with E-state index in [1.54, 1.807) is 0 Å². The number of carbonyl (C=O) groups excluding carboxylic acids is 2. The Balaban J connectivity index is 1.89. The van der Waals surface area contributed by atoms with Crippen LogP contribution in [0.3, 0.4) is 0 Å². The lowest BCUT2D eigenvalue weighted by Gasteiger charge is -2.28. The maximum absolute atomic E-state index is 12.5. The fraction of sp³-hybridized carbons (Fsp3) is 0.733. The number of amides is 2. The molecule has 0 N–H and O–H groups in total. The third-order valence-corrected chi connectivity index (χ3v) is 5.98. The molecule has 1 heterocycles. The lowest BCUT2D eigenvalue weighted by Crippen LogP contribution is -2.39. The Bertz CT molecular complexity index is 427. The lowest BCUT2D eigenvalue weighted by molar-refractivity contribution is -0.135. The van der Waals surface area contributed by atoms with E-state index in [0.29, 0.717) is 13.2 Å². The molecular formula is C15H25NO3Si. The Morgan fingerprint density at radius 1 is 1.35 bits per heavy atom. The van der Waals surface area contributed by atoms with Crippen molar-refractivity contribution in [1.29, 1.82) is 0 Å². The van der Waals surface area contributed by atoms with Crippen LogP contribution in [0, 0.1) is 5.41 Å². The van der Waals surface area contributed by atoms with Crippen molar-refractivity contribution in [3.63, 3.8) is 0 Å². The Morgan fingerprint density at radius 3 is 2.70 bits per heavy atom. The minimum atomic E-state index is -1.21. The Hall–Kier alpha value is -1.10.